The number of benzene rings is 4. The Morgan fingerprint density at radius 1 is 0.595 bits per heavy atom. The summed E-state index contributed by atoms with van der Waals surface area (Å²) in [5, 5.41) is 0. The zero-order valence-electron chi connectivity index (χ0n) is 20.5. The molecule has 1 aromatic heterocycles. The smallest absolute Gasteiger partial charge is 0.164 e. The Bertz CT molecular complexity index is 1570. The Morgan fingerprint density at radius 2 is 1.08 bits per heavy atom. The molecule has 5 aromatic rings. The molecular formula is C32H25N5. The van der Waals surface area contributed by atoms with E-state index in [9.17, 15) is 0 Å². The average molecular weight is 480 g/mol. The van der Waals surface area contributed by atoms with Crippen molar-refractivity contribution < 1.29 is 0 Å². The van der Waals surface area contributed by atoms with E-state index in [1.165, 1.54) is 5.56 Å². The van der Waals surface area contributed by atoms with Crippen molar-refractivity contribution in [2.75, 3.05) is 7.05 Å². The summed E-state index contributed by atoms with van der Waals surface area (Å²) in [4.78, 5) is 23.2. The van der Waals surface area contributed by atoms with Crippen molar-refractivity contribution in [3.63, 3.8) is 0 Å². The van der Waals surface area contributed by atoms with Gasteiger partial charge in [0.05, 0.1) is 0 Å². The van der Waals surface area contributed by atoms with Crippen LogP contribution in [0.5, 0.6) is 0 Å². The Balaban J connectivity index is 1.60. The number of hydrogen-bond acceptors (Lipinski definition) is 4. The van der Waals surface area contributed by atoms with Gasteiger partial charge in [0.15, 0.2) is 23.3 Å². The predicted molar refractivity (Wildman–Crippen MR) is 153 cm³/mol. The fraction of sp³-hybridized carbons (Fsp3) is 0.0312. The van der Waals surface area contributed by atoms with Crippen LogP contribution in [0.3, 0.4) is 0 Å². The lowest BCUT2D eigenvalue weighted by Crippen LogP contribution is -2.02. The number of hydrogen-bond donors (Lipinski definition) is 0. The molecule has 0 saturated carbocycles. The van der Waals surface area contributed by atoms with Gasteiger partial charge in [0.1, 0.15) is 0 Å². The first-order chi connectivity index (χ1) is 18.2. The maximum Gasteiger partial charge on any atom is 0.164 e. The zero-order valence-corrected chi connectivity index (χ0v) is 20.5. The Kier molecular flexibility index (Phi) is 7.14. The molecule has 5 nitrogen and oxygen atoms in total. The van der Waals surface area contributed by atoms with Gasteiger partial charge in [0.25, 0.3) is 0 Å². The maximum atomic E-state index is 4.87. The molecule has 37 heavy (non-hydrogen) atoms. The van der Waals surface area contributed by atoms with Gasteiger partial charge >= 0.3 is 0 Å². The van der Waals surface area contributed by atoms with Crippen LogP contribution in [0, 0.1) is 0 Å². The third-order valence-electron chi connectivity index (χ3n) is 5.81. The molecule has 5 heteroatoms. The van der Waals surface area contributed by atoms with E-state index in [0.717, 1.165) is 27.8 Å². The van der Waals surface area contributed by atoms with Crippen molar-refractivity contribution in [1.29, 1.82) is 0 Å². The van der Waals surface area contributed by atoms with E-state index in [4.69, 9.17) is 15.0 Å². The molecule has 0 bridgehead atoms. The molecule has 0 unspecified atom stereocenters. The molecular weight excluding hydrogens is 454 g/mol. The minimum absolute atomic E-state index is 0.584. The van der Waals surface area contributed by atoms with Crippen molar-refractivity contribution in [3.05, 3.63) is 127 Å². The summed E-state index contributed by atoms with van der Waals surface area (Å²) in [7, 11) is 1.72. The predicted octanol–water partition coefficient (Wildman–Crippen LogP) is 7.17. The maximum absolute atomic E-state index is 4.87. The highest BCUT2D eigenvalue weighted by Gasteiger charge is 2.13. The number of rotatable bonds is 6. The van der Waals surface area contributed by atoms with Crippen molar-refractivity contribution in [3.8, 4) is 45.3 Å². The summed E-state index contributed by atoms with van der Waals surface area (Å²) in [5.74, 6) is 2.42. The molecule has 0 amide bonds. The number of amidine groups is 1. The van der Waals surface area contributed by atoms with Gasteiger partial charge < -0.3 is 0 Å². The van der Waals surface area contributed by atoms with Crippen molar-refractivity contribution in [2.24, 2.45) is 9.98 Å². The van der Waals surface area contributed by atoms with Gasteiger partial charge in [0, 0.05) is 35.5 Å². The van der Waals surface area contributed by atoms with E-state index in [1.54, 1.807) is 19.3 Å². The quantitative estimate of drug-likeness (QED) is 0.191. The summed E-state index contributed by atoms with van der Waals surface area (Å²) in [6.07, 6.45) is 3.26. The molecule has 0 saturated heterocycles. The number of allylic oxidation sites excluding steroid dienone is 1. The van der Waals surface area contributed by atoms with E-state index in [-0.39, 0.29) is 0 Å². The first-order valence-electron chi connectivity index (χ1n) is 11.9. The van der Waals surface area contributed by atoms with Gasteiger partial charge in [0.2, 0.25) is 0 Å². The van der Waals surface area contributed by atoms with E-state index in [1.807, 2.05) is 72.8 Å². The van der Waals surface area contributed by atoms with Crippen LogP contribution in [0.25, 0.3) is 45.3 Å². The topological polar surface area (TPSA) is 63.4 Å². The average Bonchev–Trinajstić information content (AvgIpc) is 2.98. The molecule has 0 aliphatic carbocycles. The second-order valence-corrected chi connectivity index (χ2v) is 8.26. The Hall–Kier alpha value is -5.03. The van der Waals surface area contributed by atoms with Gasteiger partial charge in [-0.1, -0.05) is 116 Å². The van der Waals surface area contributed by atoms with Crippen LogP contribution in [0.1, 0.15) is 5.56 Å². The molecule has 4 aromatic carbocycles. The highest BCUT2D eigenvalue weighted by Crippen LogP contribution is 2.27. The first kappa shape index (κ1) is 23.7. The Morgan fingerprint density at radius 3 is 1.68 bits per heavy atom. The van der Waals surface area contributed by atoms with Crippen LogP contribution in [0.4, 0.5) is 0 Å². The first-order valence-corrected chi connectivity index (χ1v) is 11.9. The molecule has 0 fully saturated rings. The van der Waals surface area contributed by atoms with Crippen LogP contribution in [0.2, 0.25) is 0 Å². The van der Waals surface area contributed by atoms with Crippen molar-refractivity contribution in [2.45, 2.75) is 0 Å². The minimum Gasteiger partial charge on any atom is -0.270 e. The molecule has 0 aliphatic rings. The highest BCUT2D eigenvalue weighted by atomic mass is 15.0. The summed E-state index contributed by atoms with van der Waals surface area (Å²) < 4.78 is 0. The number of nitrogens with zero attached hydrogens (tertiary/aromatic N) is 5. The zero-order chi connectivity index (χ0) is 25.5. The second-order valence-electron chi connectivity index (χ2n) is 8.26. The van der Waals surface area contributed by atoms with Gasteiger partial charge in [-0.3, -0.25) is 4.99 Å². The number of aliphatic imine (C=N–C) groups is 2. The monoisotopic (exact) mass is 479 g/mol. The third-order valence-corrected chi connectivity index (χ3v) is 5.81. The van der Waals surface area contributed by atoms with Crippen molar-refractivity contribution >= 4 is 12.1 Å². The fourth-order valence-corrected chi connectivity index (χ4v) is 3.97. The SMILES string of the molecule is C=CC=NC(=NC)c1cccc(-c2nc(-c3ccccc3)nc(-c3ccc(-c4ccccc4)cc3)n2)c1. The summed E-state index contributed by atoms with van der Waals surface area (Å²) in [5.41, 5.74) is 5.88. The van der Waals surface area contributed by atoms with E-state index in [2.05, 4.69) is 53.0 Å². The van der Waals surface area contributed by atoms with Crippen LogP contribution in [0.15, 0.2) is 132 Å². The van der Waals surface area contributed by atoms with E-state index in [0.29, 0.717) is 23.3 Å². The van der Waals surface area contributed by atoms with Gasteiger partial charge in [-0.15, -0.1) is 0 Å². The lowest BCUT2D eigenvalue weighted by atomic mass is 10.0. The van der Waals surface area contributed by atoms with Crippen LogP contribution >= 0.6 is 0 Å². The highest BCUT2D eigenvalue weighted by molar-refractivity contribution is 6.04. The molecule has 0 spiro atoms. The molecule has 0 atom stereocenters. The van der Waals surface area contributed by atoms with E-state index < -0.39 is 0 Å². The molecule has 0 aliphatic heterocycles. The molecule has 1 heterocycles. The molecule has 5 rings (SSSR count). The third kappa shape index (κ3) is 5.46. The summed E-state index contributed by atoms with van der Waals surface area (Å²) in [6.45, 7) is 3.69. The summed E-state index contributed by atoms with van der Waals surface area (Å²) >= 11 is 0. The van der Waals surface area contributed by atoms with Gasteiger partial charge in [-0.2, -0.15) is 0 Å². The standard InChI is InChI=1S/C32H25N5/c1-3-21-34-29(33-2)27-15-10-16-28(22-27)32-36-30(25-13-8-5-9-14-25)35-31(37-32)26-19-17-24(18-20-26)23-11-6-4-7-12-23/h3-22H,1H2,2H3. The Labute approximate surface area is 216 Å². The van der Waals surface area contributed by atoms with Gasteiger partial charge in [-0.25, -0.2) is 19.9 Å². The lowest BCUT2D eigenvalue weighted by molar-refractivity contribution is 1.07. The van der Waals surface area contributed by atoms with Crippen LogP contribution in [-0.4, -0.2) is 34.0 Å². The molecule has 0 radical (unpaired) electrons. The van der Waals surface area contributed by atoms with Gasteiger partial charge in [-0.05, 0) is 17.2 Å². The molecule has 178 valence electrons. The van der Waals surface area contributed by atoms with Crippen LogP contribution < -0.4 is 0 Å². The number of aromatic nitrogens is 3. The lowest BCUT2D eigenvalue weighted by Gasteiger charge is -2.10. The molecule has 0 N–H and O–H groups in total. The second kappa shape index (κ2) is 11.1. The summed E-state index contributed by atoms with van der Waals surface area (Å²) in [6, 6.07) is 36.5. The van der Waals surface area contributed by atoms with Crippen LogP contribution in [-0.2, 0) is 0 Å². The van der Waals surface area contributed by atoms with E-state index >= 15 is 0 Å². The fourth-order valence-electron chi connectivity index (χ4n) is 3.97. The van der Waals surface area contributed by atoms with Crippen molar-refractivity contribution in [1.82, 2.24) is 15.0 Å². The normalized spacial score (nSPS) is 11.5. The largest absolute Gasteiger partial charge is 0.270 e. The minimum atomic E-state index is 0.584.